The summed E-state index contributed by atoms with van der Waals surface area (Å²) in [6.45, 7) is 8.78. The predicted octanol–water partition coefficient (Wildman–Crippen LogP) is 2.44. The molecule has 0 aromatic heterocycles. The summed E-state index contributed by atoms with van der Waals surface area (Å²) in [5, 5.41) is 2.74. The van der Waals surface area contributed by atoms with Crippen molar-refractivity contribution < 1.29 is 19.1 Å². The van der Waals surface area contributed by atoms with Crippen molar-refractivity contribution >= 4 is 17.8 Å². The monoisotopic (exact) mass is 348 g/mol. The van der Waals surface area contributed by atoms with Gasteiger partial charge in [-0.25, -0.2) is 0 Å². The molecule has 1 N–H and O–H groups in total. The molecule has 0 radical (unpaired) electrons. The van der Waals surface area contributed by atoms with Crippen molar-refractivity contribution in [3.63, 3.8) is 0 Å². The van der Waals surface area contributed by atoms with E-state index in [4.69, 9.17) is 4.74 Å². The number of rotatable bonds is 8. The number of carbonyl (C=O) groups excluding carboxylic acids is 3. The van der Waals surface area contributed by atoms with E-state index in [2.05, 4.69) is 5.32 Å². The van der Waals surface area contributed by atoms with Gasteiger partial charge in [0, 0.05) is 19.0 Å². The van der Waals surface area contributed by atoms with Crippen LogP contribution in [0.25, 0.3) is 0 Å². The fraction of sp³-hybridized carbons (Fsp3) is 0.526. The van der Waals surface area contributed by atoms with Gasteiger partial charge in [0.15, 0.2) is 6.61 Å². The van der Waals surface area contributed by atoms with Crippen LogP contribution in [0.2, 0.25) is 0 Å². The Morgan fingerprint density at radius 3 is 2.08 bits per heavy atom. The average molecular weight is 348 g/mol. The molecule has 0 aliphatic carbocycles. The molecular weight excluding hydrogens is 320 g/mol. The predicted molar refractivity (Wildman–Crippen MR) is 95.7 cm³/mol. The van der Waals surface area contributed by atoms with Crippen molar-refractivity contribution in [2.24, 2.45) is 0 Å². The zero-order chi connectivity index (χ0) is 19.0. The molecule has 0 aliphatic rings. The molecule has 25 heavy (non-hydrogen) atoms. The average Bonchev–Trinajstić information content (AvgIpc) is 2.52. The van der Waals surface area contributed by atoms with E-state index < -0.39 is 12.0 Å². The van der Waals surface area contributed by atoms with Gasteiger partial charge in [-0.1, -0.05) is 30.3 Å². The number of nitrogens with zero attached hydrogens (tertiary/aromatic N) is 1. The normalized spacial score (nSPS) is 12.0. The molecule has 0 saturated carbocycles. The van der Waals surface area contributed by atoms with Gasteiger partial charge in [-0.15, -0.1) is 0 Å². The zero-order valence-corrected chi connectivity index (χ0v) is 15.6. The number of hydrogen-bond acceptors (Lipinski definition) is 4. The van der Waals surface area contributed by atoms with Crippen LogP contribution in [0.4, 0.5) is 0 Å². The first kappa shape index (κ1) is 20.7. The van der Waals surface area contributed by atoms with Gasteiger partial charge in [-0.05, 0) is 33.3 Å². The first-order valence-electron chi connectivity index (χ1n) is 8.51. The number of esters is 1. The van der Waals surface area contributed by atoms with Gasteiger partial charge in [0.25, 0.3) is 5.91 Å². The maximum Gasteiger partial charge on any atom is 0.308 e. The van der Waals surface area contributed by atoms with Gasteiger partial charge in [0.1, 0.15) is 0 Å². The molecule has 6 heteroatoms. The largest absolute Gasteiger partial charge is 0.455 e. The number of amides is 2. The zero-order valence-electron chi connectivity index (χ0n) is 15.6. The third-order valence-electron chi connectivity index (χ3n) is 3.71. The van der Waals surface area contributed by atoms with Crippen LogP contribution in [-0.4, -0.2) is 41.4 Å². The Bertz CT molecular complexity index is 576. The van der Waals surface area contributed by atoms with Gasteiger partial charge in [0.05, 0.1) is 12.5 Å². The van der Waals surface area contributed by atoms with E-state index in [1.165, 1.54) is 6.92 Å². The lowest BCUT2D eigenvalue weighted by molar-refractivity contribution is -0.154. The first-order chi connectivity index (χ1) is 11.7. The van der Waals surface area contributed by atoms with E-state index in [9.17, 15) is 14.4 Å². The van der Waals surface area contributed by atoms with Crippen LogP contribution in [0.3, 0.4) is 0 Å². The van der Waals surface area contributed by atoms with Gasteiger partial charge < -0.3 is 15.0 Å². The second-order valence-electron chi connectivity index (χ2n) is 6.52. The smallest absolute Gasteiger partial charge is 0.308 e. The van der Waals surface area contributed by atoms with Gasteiger partial charge in [-0.3, -0.25) is 14.4 Å². The summed E-state index contributed by atoms with van der Waals surface area (Å²) in [5.74, 6) is -0.985. The molecule has 1 aromatic carbocycles. The molecule has 6 nitrogen and oxygen atoms in total. The summed E-state index contributed by atoms with van der Waals surface area (Å²) in [7, 11) is 0. The van der Waals surface area contributed by atoms with Crippen LogP contribution < -0.4 is 5.32 Å². The number of hydrogen-bond donors (Lipinski definition) is 1. The second kappa shape index (κ2) is 9.81. The van der Waals surface area contributed by atoms with Crippen molar-refractivity contribution in [1.29, 1.82) is 0 Å². The van der Waals surface area contributed by atoms with Crippen molar-refractivity contribution in [3.8, 4) is 0 Å². The van der Waals surface area contributed by atoms with Gasteiger partial charge in [0.2, 0.25) is 5.91 Å². The van der Waals surface area contributed by atoms with Crippen LogP contribution in [0, 0.1) is 0 Å². The Hall–Kier alpha value is -2.37. The minimum atomic E-state index is -0.525. The van der Waals surface area contributed by atoms with Crippen molar-refractivity contribution in [3.05, 3.63) is 35.9 Å². The first-order valence-corrected chi connectivity index (χ1v) is 8.51. The third kappa shape index (κ3) is 6.95. The Kier molecular flexibility index (Phi) is 8.11. The molecule has 0 fully saturated rings. The Labute approximate surface area is 149 Å². The molecule has 0 bridgehead atoms. The highest BCUT2D eigenvalue weighted by Crippen LogP contribution is 2.17. The summed E-state index contributed by atoms with van der Waals surface area (Å²) in [6, 6.07) is 8.77. The van der Waals surface area contributed by atoms with E-state index in [1.54, 1.807) is 4.90 Å². The fourth-order valence-electron chi connectivity index (χ4n) is 2.80. The Morgan fingerprint density at radius 1 is 1.04 bits per heavy atom. The van der Waals surface area contributed by atoms with Crippen LogP contribution in [0.15, 0.2) is 30.3 Å². The van der Waals surface area contributed by atoms with E-state index >= 15 is 0 Å². The fourth-order valence-corrected chi connectivity index (χ4v) is 2.80. The maximum absolute atomic E-state index is 12.2. The summed E-state index contributed by atoms with van der Waals surface area (Å²) in [4.78, 5) is 37.4. The quantitative estimate of drug-likeness (QED) is 0.732. The number of nitrogens with one attached hydrogen (secondary N) is 1. The molecule has 0 saturated heterocycles. The summed E-state index contributed by atoms with van der Waals surface area (Å²) < 4.78 is 5.14. The standard InChI is InChI=1S/C19H28N2O4/c1-13(2)21(14(3)4)18(23)12-25-19(24)11-17(20-15(5)22)16-9-7-6-8-10-16/h6-10,13-14,17H,11-12H2,1-5H3,(H,20,22)/t17-/m1/s1. The molecule has 2 amide bonds. The summed E-state index contributed by atoms with van der Waals surface area (Å²) in [6.07, 6.45) is -0.0275. The molecule has 0 heterocycles. The highest BCUT2D eigenvalue weighted by Gasteiger charge is 2.23. The van der Waals surface area contributed by atoms with Crippen molar-refractivity contribution in [2.75, 3.05) is 6.61 Å². The summed E-state index contributed by atoms with van der Waals surface area (Å²) in [5.41, 5.74) is 0.812. The van der Waals surface area contributed by atoms with Crippen LogP contribution >= 0.6 is 0 Å². The molecule has 138 valence electrons. The Balaban J connectivity index is 2.66. The molecule has 0 unspecified atom stereocenters. The lowest BCUT2D eigenvalue weighted by atomic mass is 10.0. The SMILES string of the molecule is CC(=O)N[C@H](CC(=O)OCC(=O)N(C(C)C)C(C)C)c1ccccc1. The van der Waals surface area contributed by atoms with Gasteiger partial charge in [-0.2, -0.15) is 0 Å². The number of carbonyl (C=O) groups is 3. The molecule has 1 aromatic rings. The minimum absolute atomic E-state index is 0.0275. The van der Waals surface area contributed by atoms with Gasteiger partial charge >= 0.3 is 5.97 Å². The molecular formula is C19H28N2O4. The van der Waals surface area contributed by atoms with Crippen molar-refractivity contribution in [2.45, 2.75) is 59.2 Å². The van der Waals surface area contributed by atoms with E-state index in [1.807, 2.05) is 58.0 Å². The topological polar surface area (TPSA) is 75.7 Å². The number of ether oxygens (including phenoxy) is 1. The lowest BCUT2D eigenvalue weighted by Crippen LogP contribution is -2.44. The maximum atomic E-state index is 12.2. The minimum Gasteiger partial charge on any atom is -0.455 e. The molecule has 1 atom stereocenters. The lowest BCUT2D eigenvalue weighted by Gasteiger charge is -2.30. The summed E-state index contributed by atoms with van der Waals surface area (Å²) >= 11 is 0. The van der Waals surface area contributed by atoms with Crippen LogP contribution in [-0.2, 0) is 19.1 Å². The van der Waals surface area contributed by atoms with E-state index in [0.29, 0.717) is 0 Å². The molecule has 0 aliphatic heterocycles. The van der Waals surface area contributed by atoms with Crippen LogP contribution in [0.5, 0.6) is 0 Å². The van der Waals surface area contributed by atoms with E-state index in [-0.39, 0.29) is 36.9 Å². The highest BCUT2D eigenvalue weighted by atomic mass is 16.5. The van der Waals surface area contributed by atoms with Crippen LogP contribution in [0.1, 0.15) is 52.6 Å². The highest BCUT2D eigenvalue weighted by molar-refractivity contribution is 5.81. The third-order valence-corrected chi connectivity index (χ3v) is 3.71. The second-order valence-corrected chi connectivity index (χ2v) is 6.52. The Morgan fingerprint density at radius 2 is 1.60 bits per heavy atom. The number of benzene rings is 1. The van der Waals surface area contributed by atoms with E-state index in [0.717, 1.165) is 5.56 Å². The van der Waals surface area contributed by atoms with Crippen molar-refractivity contribution in [1.82, 2.24) is 10.2 Å². The molecule has 0 spiro atoms. The molecule has 1 rings (SSSR count).